The Bertz CT molecular complexity index is 426. The van der Waals surface area contributed by atoms with Gasteiger partial charge in [-0.15, -0.1) is 0 Å². The lowest BCUT2D eigenvalue weighted by Crippen LogP contribution is -2.10. The largest absolute Gasteiger partial charge is 0.331 e. The first kappa shape index (κ1) is 8.68. The summed E-state index contributed by atoms with van der Waals surface area (Å²) in [6, 6.07) is 0. The quantitative estimate of drug-likeness (QED) is 0.643. The zero-order chi connectivity index (χ0) is 10.1. The minimum Gasteiger partial charge on any atom is -0.331 e. The first-order chi connectivity index (χ1) is 6.70. The highest BCUT2D eigenvalue weighted by Crippen LogP contribution is 2.06. The van der Waals surface area contributed by atoms with Crippen LogP contribution in [0, 0.1) is 0 Å². The van der Waals surface area contributed by atoms with Gasteiger partial charge in [-0.1, -0.05) is 0 Å². The molecule has 2 heterocycles. The number of imidazole rings is 2. The normalized spacial score (nSPS) is 10.4. The van der Waals surface area contributed by atoms with Crippen LogP contribution in [0.2, 0.25) is 0 Å². The molecule has 0 radical (unpaired) electrons. The molecule has 0 atom stereocenters. The number of carbonyl (C=O) groups is 1. The lowest BCUT2D eigenvalue weighted by molar-refractivity contribution is 0.102. The Balaban J connectivity index is 2.44. The Kier molecular flexibility index (Phi) is 1.92. The van der Waals surface area contributed by atoms with E-state index in [-0.39, 0.29) is 5.78 Å². The van der Waals surface area contributed by atoms with E-state index in [1.165, 1.54) is 0 Å². The second-order valence-electron chi connectivity index (χ2n) is 3.11. The van der Waals surface area contributed by atoms with Gasteiger partial charge in [-0.25, -0.2) is 9.97 Å². The average Bonchev–Trinajstić information content (AvgIpc) is 2.73. The van der Waals surface area contributed by atoms with E-state index in [0.717, 1.165) is 0 Å². The molecular weight excluding hydrogens is 180 g/mol. The smallest absolute Gasteiger partial charge is 0.228 e. The molecule has 72 valence electrons. The Morgan fingerprint density at radius 2 is 1.50 bits per heavy atom. The summed E-state index contributed by atoms with van der Waals surface area (Å²) < 4.78 is 3.38. The Morgan fingerprint density at radius 3 is 1.79 bits per heavy atom. The molecule has 0 aliphatic rings. The molecule has 5 heteroatoms. The molecule has 0 N–H and O–H groups in total. The summed E-state index contributed by atoms with van der Waals surface area (Å²) in [5.74, 6) is -0.0648. The average molecular weight is 190 g/mol. The molecule has 0 aliphatic heterocycles. The van der Waals surface area contributed by atoms with Crippen molar-refractivity contribution in [2.75, 3.05) is 0 Å². The van der Waals surface area contributed by atoms with E-state index >= 15 is 0 Å². The maximum absolute atomic E-state index is 11.9. The highest BCUT2D eigenvalue weighted by atomic mass is 16.1. The SMILES string of the molecule is Cn1cncc1C(=O)c1cncn1C. The summed E-state index contributed by atoms with van der Waals surface area (Å²) in [6.07, 6.45) is 6.30. The van der Waals surface area contributed by atoms with E-state index in [1.54, 1.807) is 48.3 Å². The van der Waals surface area contributed by atoms with Crippen molar-refractivity contribution in [2.24, 2.45) is 14.1 Å². The second-order valence-corrected chi connectivity index (χ2v) is 3.11. The number of nitrogens with zero attached hydrogens (tertiary/aromatic N) is 4. The number of aromatic nitrogens is 4. The number of carbonyl (C=O) groups excluding carboxylic acids is 1. The second kappa shape index (κ2) is 3.10. The molecule has 14 heavy (non-hydrogen) atoms. The molecule has 0 amide bonds. The van der Waals surface area contributed by atoms with Crippen LogP contribution in [0.5, 0.6) is 0 Å². The first-order valence-corrected chi connectivity index (χ1v) is 4.17. The molecule has 2 aromatic heterocycles. The van der Waals surface area contributed by atoms with Gasteiger partial charge in [0.2, 0.25) is 5.78 Å². The van der Waals surface area contributed by atoms with Crippen molar-refractivity contribution in [3.05, 3.63) is 36.4 Å². The van der Waals surface area contributed by atoms with Crippen molar-refractivity contribution in [3.8, 4) is 0 Å². The number of ketones is 1. The van der Waals surface area contributed by atoms with Gasteiger partial charge in [-0.2, -0.15) is 0 Å². The van der Waals surface area contributed by atoms with Crippen molar-refractivity contribution < 1.29 is 4.79 Å². The molecule has 0 aliphatic carbocycles. The molecule has 0 spiro atoms. The summed E-state index contributed by atoms with van der Waals surface area (Å²) in [5, 5.41) is 0. The van der Waals surface area contributed by atoms with Crippen LogP contribution in [-0.4, -0.2) is 24.9 Å². The van der Waals surface area contributed by atoms with Crippen LogP contribution in [0.25, 0.3) is 0 Å². The van der Waals surface area contributed by atoms with E-state index in [9.17, 15) is 4.79 Å². The summed E-state index contributed by atoms with van der Waals surface area (Å²) >= 11 is 0. The van der Waals surface area contributed by atoms with Crippen molar-refractivity contribution in [3.63, 3.8) is 0 Å². The van der Waals surface area contributed by atoms with Gasteiger partial charge in [-0.05, 0) is 0 Å². The van der Waals surface area contributed by atoms with Crippen LogP contribution in [0.1, 0.15) is 16.2 Å². The Labute approximate surface area is 81.0 Å². The zero-order valence-corrected chi connectivity index (χ0v) is 8.01. The van der Waals surface area contributed by atoms with Crippen molar-refractivity contribution in [1.29, 1.82) is 0 Å². The fourth-order valence-corrected chi connectivity index (χ4v) is 1.28. The topological polar surface area (TPSA) is 52.7 Å². The fraction of sp³-hybridized carbons (Fsp3) is 0.222. The van der Waals surface area contributed by atoms with Crippen LogP contribution in [0.3, 0.4) is 0 Å². The molecule has 0 aromatic carbocycles. The number of rotatable bonds is 2. The lowest BCUT2D eigenvalue weighted by Gasteiger charge is -2.01. The van der Waals surface area contributed by atoms with Crippen LogP contribution in [-0.2, 0) is 14.1 Å². The highest BCUT2D eigenvalue weighted by molar-refractivity contribution is 6.06. The molecule has 5 nitrogen and oxygen atoms in total. The van der Waals surface area contributed by atoms with Crippen LogP contribution < -0.4 is 0 Å². The maximum atomic E-state index is 11.9. The van der Waals surface area contributed by atoms with Gasteiger partial charge >= 0.3 is 0 Å². The predicted octanol–water partition coefficient (Wildman–Crippen LogP) is 0.385. The van der Waals surface area contributed by atoms with Crippen molar-refractivity contribution in [1.82, 2.24) is 19.1 Å². The summed E-state index contributed by atoms with van der Waals surface area (Å²) in [5.41, 5.74) is 1.13. The summed E-state index contributed by atoms with van der Waals surface area (Å²) in [6.45, 7) is 0. The number of hydrogen-bond acceptors (Lipinski definition) is 3. The van der Waals surface area contributed by atoms with E-state index < -0.39 is 0 Å². The molecule has 0 saturated carbocycles. The molecule has 0 saturated heterocycles. The lowest BCUT2D eigenvalue weighted by atomic mass is 10.2. The van der Waals surface area contributed by atoms with Gasteiger partial charge < -0.3 is 9.13 Å². The number of aryl methyl sites for hydroxylation is 2. The molecule has 2 rings (SSSR count). The molecule has 0 bridgehead atoms. The van der Waals surface area contributed by atoms with Crippen molar-refractivity contribution in [2.45, 2.75) is 0 Å². The number of hydrogen-bond donors (Lipinski definition) is 0. The predicted molar refractivity (Wildman–Crippen MR) is 49.8 cm³/mol. The van der Waals surface area contributed by atoms with Crippen LogP contribution in [0.4, 0.5) is 0 Å². The first-order valence-electron chi connectivity index (χ1n) is 4.17. The van der Waals surface area contributed by atoms with Crippen LogP contribution in [0.15, 0.2) is 25.0 Å². The van der Waals surface area contributed by atoms with E-state index in [0.29, 0.717) is 11.4 Å². The molecular formula is C9H10N4O. The van der Waals surface area contributed by atoms with E-state index in [4.69, 9.17) is 0 Å². The third-order valence-electron chi connectivity index (χ3n) is 2.10. The molecule has 2 aromatic rings. The minimum absolute atomic E-state index is 0.0648. The minimum atomic E-state index is -0.0648. The maximum Gasteiger partial charge on any atom is 0.228 e. The van der Waals surface area contributed by atoms with E-state index in [2.05, 4.69) is 9.97 Å². The van der Waals surface area contributed by atoms with Crippen LogP contribution >= 0.6 is 0 Å². The Morgan fingerprint density at radius 1 is 1.07 bits per heavy atom. The van der Waals surface area contributed by atoms with Gasteiger partial charge in [0.1, 0.15) is 11.4 Å². The zero-order valence-electron chi connectivity index (χ0n) is 8.01. The summed E-state index contributed by atoms with van der Waals surface area (Å²) in [4.78, 5) is 19.7. The molecule has 0 fully saturated rings. The molecule has 0 unspecified atom stereocenters. The van der Waals surface area contributed by atoms with Crippen molar-refractivity contribution >= 4 is 5.78 Å². The highest BCUT2D eigenvalue weighted by Gasteiger charge is 2.15. The summed E-state index contributed by atoms with van der Waals surface area (Å²) in [7, 11) is 3.58. The third-order valence-corrected chi connectivity index (χ3v) is 2.10. The van der Waals surface area contributed by atoms with Gasteiger partial charge in [0, 0.05) is 14.1 Å². The van der Waals surface area contributed by atoms with Gasteiger partial charge in [0.25, 0.3) is 0 Å². The van der Waals surface area contributed by atoms with Gasteiger partial charge in [0.15, 0.2) is 0 Å². The third kappa shape index (κ3) is 1.22. The standard InChI is InChI=1S/C9H10N4O/c1-12-5-10-3-7(12)9(14)8-4-11-6-13(8)2/h3-6H,1-2H3. The Hall–Kier alpha value is -1.91. The van der Waals surface area contributed by atoms with E-state index in [1.807, 2.05) is 0 Å². The van der Waals surface area contributed by atoms with Gasteiger partial charge in [0.05, 0.1) is 25.0 Å². The monoisotopic (exact) mass is 190 g/mol. The van der Waals surface area contributed by atoms with Gasteiger partial charge in [-0.3, -0.25) is 4.79 Å². The fourth-order valence-electron chi connectivity index (χ4n) is 1.28.